The Morgan fingerprint density at radius 3 is 2.73 bits per heavy atom. The van der Waals surface area contributed by atoms with Crippen LogP contribution in [0.1, 0.15) is 6.42 Å². The lowest BCUT2D eigenvalue weighted by Crippen LogP contribution is -2.27. The molecule has 116 valence electrons. The SMILES string of the molecule is NS(=O)(=O)CC1CC(=O)N(c2ccc3oc(=O)ccc3c2)C1. The lowest BCUT2D eigenvalue weighted by Gasteiger charge is -2.17. The summed E-state index contributed by atoms with van der Waals surface area (Å²) in [6.07, 6.45) is 0.151. The molecule has 1 amide bonds. The Morgan fingerprint density at radius 2 is 2.00 bits per heavy atom. The van der Waals surface area contributed by atoms with Crippen molar-refractivity contribution in [3.05, 3.63) is 40.8 Å². The van der Waals surface area contributed by atoms with E-state index in [0.717, 1.165) is 0 Å². The lowest BCUT2D eigenvalue weighted by molar-refractivity contribution is -0.117. The first-order chi connectivity index (χ1) is 10.3. The van der Waals surface area contributed by atoms with Gasteiger partial charge in [0.15, 0.2) is 0 Å². The van der Waals surface area contributed by atoms with Crippen LogP contribution in [-0.2, 0) is 14.8 Å². The average Bonchev–Trinajstić information content (AvgIpc) is 2.76. The standard InChI is InChI=1S/C14H14N2O5S/c15-22(19,20)8-9-5-13(17)16(7-9)11-2-3-12-10(6-11)1-4-14(18)21-12/h1-4,6,9H,5,7-8H2,(H2,15,19,20). The fourth-order valence-electron chi connectivity index (χ4n) is 2.70. The van der Waals surface area contributed by atoms with E-state index in [1.54, 1.807) is 24.3 Å². The predicted octanol–water partition coefficient (Wildman–Crippen LogP) is 0.434. The zero-order valence-corrected chi connectivity index (χ0v) is 12.4. The van der Waals surface area contributed by atoms with Crippen molar-refractivity contribution in [2.45, 2.75) is 6.42 Å². The number of rotatable bonds is 3. The molecule has 1 aliphatic rings. The van der Waals surface area contributed by atoms with E-state index in [4.69, 9.17) is 9.56 Å². The molecule has 7 nitrogen and oxygen atoms in total. The topological polar surface area (TPSA) is 111 Å². The van der Waals surface area contributed by atoms with E-state index in [-0.39, 0.29) is 24.0 Å². The number of carbonyl (C=O) groups excluding carboxylic acids is 1. The summed E-state index contributed by atoms with van der Waals surface area (Å²) < 4.78 is 27.3. The van der Waals surface area contributed by atoms with E-state index in [2.05, 4.69) is 0 Å². The van der Waals surface area contributed by atoms with Crippen LogP contribution in [0, 0.1) is 5.92 Å². The zero-order chi connectivity index (χ0) is 15.9. The number of amides is 1. The van der Waals surface area contributed by atoms with Crippen LogP contribution in [0.4, 0.5) is 5.69 Å². The van der Waals surface area contributed by atoms with Crippen LogP contribution >= 0.6 is 0 Å². The summed E-state index contributed by atoms with van der Waals surface area (Å²) in [5.41, 5.74) is 0.637. The number of primary sulfonamides is 1. The van der Waals surface area contributed by atoms with E-state index in [9.17, 15) is 18.0 Å². The van der Waals surface area contributed by atoms with E-state index in [1.807, 2.05) is 0 Å². The van der Waals surface area contributed by atoms with Crippen molar-refractivity contribution in [3.63, 3.8) is 0 Å². The van der Waals surface area contributed by atoms with Gasteiger partial charge in [0, 0.05) is 36.0 Å². The fraction of sp³-hybridized carbons (Fsp3) is 0.286. The molecule has 1 aliphatic heterocycles. The largest absolute Gasteiger partial charge is 0.423 e. The van der Waals surface area contributed by atoms with Crippen LogP contribution in [0.15, 0.2) is 39.5 Å². The van der Waals surface area contributed by atoms with Gasteiger partial charge in [-0.25, -0.2) is 18.4 Å². The van der Waals surface area contributed by atoms with Gasteiger partial charge in [-0.3, -0.25) is 4.79 Å². The lowest BCUT2D eigenvalue weighted by atomic mass is 10.1. The van der Waals surface area contributed by atoms with Crippen LogP contribution in [0.3, 0.4) is 0 Å². The zero-order valence-electron chi connectivity index (χ0n) is 11.6. The van der Waals surface area contributed by atoms with Crippen molar-refractivity contribution < 1.29 is 17.6 Å². The highest BCUT2D eigenvalue weighted by Crippen LogP contribution is 2.28. The Morgan fingerprint density at radius 1 is 1.23 bits per heavy atom. The molecular formula is C14H14N2O5S. The molecule has 0 bridgehead atoms. The maximum atomic E-state index is 12.1. The first-order valence-electron chi connectivity index (χ1n) is 6.66. The third-order valence-corrected chi connectivity index (χ3v) is 4.52. The summed E-state index contributed by atoms with van der Waals surface area (Å²) in [6.45, 7) is 0.303. The van der Waals surface area contributed by atoms with Crippen molar-refractivity contribution in [1.82, 2.24) is 0 Å². The van der Waals surface area contributed by atoms with Gasteiger partial charge < -0.3 is 9.32 Å². The van der Waals surface area contributed by atoms with Crippen LogP contribution in [-0.4, -0.2) is 26.6 Å². The maximum absolute atomic E-state index is 12.1. The minimum Gasteiger partial charge on any atom is -0.423 e. The number of sulfonamides is 1. The third kappa shape index (κ3) is 3.02. The summed E-state index contributed by atoms with van der Waals surface area (Å²) in [4.78, 5) is 24.8. The van der Waals surface area contributed by atoms with E-state index < -0.39 is 15.6 Å². The smallest absolute Gasteiger partial charge is 0.336 e. The molecular weight excluding hydrogens is 308 g/mol. The highest BCUT2D eigenvalue weighted by atomic mass is 32.2. The summed E-state index contributed by atoms with van der Waals surface area (Å²) in [6, 6.07) is 7.94. The van der Waals surface area contributed by atoms with E-state index in [0.29, 0.717) is 23.2 Å². The molecule has 1 aromatic heterocycles. The molecule has 0 radical (unpaired) electrons. The summed E-state index contributed by atoms with van der Waals surface area (Å²) >= 11 is 0. The third-order valence-electron chi connectivity index (χ3n) is 3.59. The van der Waals surface area contributed by atoms with Gasteiger partial charge in [0.05, 0.1) is 5.75 Å². The van der Waals surface area contributed by atoms with Gasteiger partial charge in [-0.05, 0) is 24.3 Å². The molecule has 1 atom stereocenters. The number of hydrogen-bond acceptors (Lipinski definition) is 5. The number of carbonyl (C=O) groups is 1. The molecule has 22 heavy (non-hydrogen) atoms. The van der Waals surface area contributed by atoms with Gasteiger partial charge in [0.25, 0.3) is 0 Å². The van der Waals surface area contributed by atoms with Gasteiger partial charge >= 0.3 is 5.63 Å². The van der Waals surface area contributed by atoms with Crippen molar-refractivity contribution in [2.75, 3.05) is 17.2 Å². The average molecular weight is 322 g/mol. The number of fused-ring (bicyclic) bond motifs is 1. The highest BCUT2D eigenvalue weighted by molar-refractivity contribution is 7.89. The normalized spacial score (nSPS) is 19.0. The van der Waals surface area contributed by atoms with Gasteiger partial charge in [0.1, 0.15) is 5.58 Å². The highest BCUT2D eigenvalue weighted by Gasteiger charge is 2.32. The van der Waals surface area contributed by atoms with Gasteiger partial charge in [0.2, 0.25) is 15.9 Å². The van der Waals surface area contributed by atoms with Crippen LogP contribution < -0.4 is 15.7 Å². The monoisotopic (exact) mass is 322 g/mol. The van der Waals surface area contributed by atoms with E-state index in [1.165, 1.54) is 11.0 Å². The molecule has 2 heterocycles. The maximum Gasteiger partial charge on any atom is 0.336 e. The predicted molar refractivity (Wildman–Crippen MR) is 80.9 cm³/mol. The van der Waals surface area contributed by atoms with Crippen LogP contribution in [0.25, 0.3) is 11.0 Å². The van der Waals surface area contributed by atoms with Crippen molar-refractivity contribution >= 4 is 32.6 Å². The Balaban J connectivity index is 1.89. The second-order valence-corrected chi connectivity index (χ2v) is 7.04. The Hall–Kier alpha value is -2.19. The quantitative estimate of drug-likeness (QED) is 0.824. The van der Waals surface area contributed by atoms with Crippen molar-refractivity contribution in [1.29, 1.82) is 0 Å². The number of anilines is 1. The molecule has 2 aromatic rings. The molecule has 1 unspecified atom stereocenters. The second-order valence-electron chi connectivity index (χ2n) is 5.38. The molecule has 3 rings (SSSR count). The van der Waals surface area contributed by atoms with Crippen LogP contribution in [0.2, 0.25) is 0 Å². The summed E-state index contributed by atoms with van der Waals surface area (Å²) in [7, 11) is -3.60. The Bertz CT molecular complexity index is 903. The molecule has 0 aliphatic carbocycles. The molecule has 2 N–H and O–H groups in total. The molecule has 8 heteroatoms. The molecule has 1 aromatic carbocycles. The molecule has 0 spiro atoms. The number of benzene rings is 1. The number of nitrogens with two attached hydrogens (primary N) is 1. The first kappa shape index (κ1) is 14.7. The number of hydrogen-bond donors (Lipinski definition) is 1. The first-order valence-corrected chi connectivity index (χ1v) is 8.38. The van der Waals surface area contributed by atoms with Gasteiger partial charge in [-0.2, -0.15) is 0 Å². The van der Waals surface area contributed by atoms with Gasteiger partial charge in [-0.15, -0.1) is 0 Å². The van der Waals surface area contributed by atoms with Crippen molar-refractivity contribution in [2.24, 2.45) is 11.1 Å². The Labute approximate surface area is 126 Å². The summed E-state index contributed by atoms with van der Waals surface area (Å²) in [5, 5.41) is 5.73. The molecule has 1 saturated heterocycles. The fourth-order valence-corrected chi connectivity index (χ4v) is 3.58. The Kier molecular flexibility index (Phi) is 3.50. The van der Waals surface area contributed by atoms with Crippen LogP contribution in [0.5, 0.6) is 0 Å². The molecule has 0 saturated carbocycles. The molecule has 1 fully saturated rings. The number of nitrogens with zero attached hydrogens (tertiary/aromatic N) is 1. The van der Waals surface area contributed by atoms with E-state index >= 15 is 0 Å². The van der Waals surface area contributed by atoms with Gasteiger partial charge in [-0.1, -0.05) is 0 Å². The minimum absolute atomic E-state index is 0.148. The second kappa shape index (κ2) is 5.22. The van der Waals surface area contributed by atoms with Crippen molar-refractivity contribution in [3.8, 4) is 0 Å². The minimum atomic E-state index is -3.60. The summed E-state index contributed by atoms with van der Waals surface area (Å²) in [5.74, 6) is -0.671.